The van der Waals surface area contributed by atoms with Crippen molar-refractivity contribution in [3.05, 3.63) is 28.4 Å². The summed E-state index contributed by atoms with van der Waals surface area (Å²) >= 11 is 0. The van der Waals surface area contributed by atoms with Crippen LogP contribution in [0.4, 0.5) is 11.5 Å². The highest BCUT2D eigenvalue weighted by molar-refractivity contribution is 5.83. The highest BCUT2D eigenvalue weighted by Gasteiger charge is 2.23. The zero-order valence-electron chi connectivity index (χ0n) is 9.58. The molecule has 0 aliphatic rings. The average Bonchev–Trinajstić information content (AvgIpc) is 2.25. The molecule has 1 atom stereocenters. The minimum atomic E-state index is -0.669. The van der Waals surface area contributed by atoms with Gasteiger partial charge in [0, 0.05) is 0 Å². The monoisotopic (exact) mass is 238 g/mol. The summed E-state index contributed by atoms with van der Waals surface area (Å²) in [7, 11) is 0. The molecule has 0 aliphatic carbocycles. The topological polar surface area (TPSA) is 111 Å². The van der Waals surface area contributed by atoms with Crippen molar-refractivity contribution < 1.29 is 9.72 Å². The van der Waals surface area contributed by atoms with Gasteiger partial charge in [-0.15, -0.1) is 0 Å². The molecule has 7 heteroatoms. The molecule has 1 unspecified atom stereocenters. The van der Waals surface area contributed by atoms with Crippen LogP contribution in [0.3, 0.4) is 0 Å². The number of carbonyl (C=O) groups is 1. The van der Waals surface area contributed by atoms with Crippen LogP contribution in [0, 0.1) is 16.0 Å². The first-order valence-electron chi connectivity index (χ1n) is 5.08. The predicted octanol–water partition coefficient (Wildman–Crippen LogP) is 0.912. The Morgan fingerprint density at radius 3 is 2.71 bits per heavy atom. The first-order chi connectivity index (χ1) is 7.93. The smallest absolute Gasteiger partial charge is 0.368 e. The first kappa shape index (κ1) is 12.9. The molecule has 0 aliphatic heterocycles. The van der Waals surface area contributed by atoms with Crippen LogP contribution >= 0.6 is 0 Å². The fourth-order valence-corrected chi connectivity index (χ4v) is 1.39. The molecule has 1 heterocycles. The average molecular weight is 238 g/mol. The van der Waals surface area contributed by atoms with Gasteiger partial charge in [0.15, 0.2) is 0 Å². The van der Waals surface area contributed by atoms with Crippen molar-refractivity contribution in [3.63, 3.8) is 0 Å². The Morgan fingerprint density at radius 2 is 2.24 bits per heavy atom. The lowest BCUT2D eigenvalue weighted by Gasteiger charge is -2.19. The number of carbonyl (C=O) groups excluding carboxylic acids is 1. The maximum atomic E-state index is 11.2. The van der Waals surface area contributed by atoms with Gasteiger partial charge in [0.2, 0.25) is 5.91 Å². The summed E-state index contributed by atoms with van der Waals surface area (Å²) in [6, 6.07) is 2.37. The number of aromatic nitrogens is 1. The number of pyridine rings is 1. The maximum absolute atomic E-state index is 11.2. The molecule has 0 saturated carbocycles. The number of anilines is 1. The fourth-order valence-electron chi connectivity index (χ4n) is 1.39. The number of hydrogen-bond acceptors (Lipinski definition) is 5. The lowest BCUT2D eigenvalue weighted by atomic mass is 10.0. The molecule has 92 valence electrons. The molecule has 0 spiro atoms. The predicted molar refractivity (Wildman–Crippen MR) is 62.3 cm³/mol. The van der Waals surface area contributed by atoms with E-state index in [0.717, 1.165) is 0 Å². The zero-order chi connectivity index (χ0) is 13.0. The molecular formula is C10H14N4O3. The summed E-state index contributed by atoms with van der Waals surface area (Å²) in [5, 5.41) is 13.5. The number of hydrogen-bond donors (Lipinski definition) is 2. The Kier molecular flexibility index (Phi) is 3.97. The number of nitro groups is 1. The number of nitrogens with two attached hydrogens (primary N) is 1. The van der Waals surface area contributed by atoms with Crippen molar-refractivity contribution in [2.75, 3.05) is 5.32 Å². The molecule has 0 radical (unpaired) electrons. The van der Waals surface area contributed by atoms with Crippen LogP contribution in [-0.2, 0) is 4.79 Å². The van der Waals surface area contributed by atoms with Gasteiger partial charge in [-0.3, -0.25) is 4.79 Å². The van der Waals surface area contributed by atoms with Gasteiger partial charge in [-0.2, -0.15) is 0 Å². The minimum Gasteiger partial charge on any atom is -0.368 e. The number of amides is 1. The van der Waals surface area contributed by atoms with E-state index >= 15 is 0 Å². The van der Waals surface area contributed by atoms with Crippen molar-refractivity contribution in [3.8, 4) is 0 Å². The molecule has 3 N–H and O–H groups in total. The van der Waals surface area contributed by atoms with E-state index in [1.54, 1.807) is 19.9 Å². The summed E-state index contributed by atoms with van der Waals surface area (Å²) in [5.74, 6) is -0.954. The second-order valence-electron chi connectivity index (χ2n) is 3.90. The summed E-state index contributed by atoms with van der Waals surface area (Å²) < 4.78 is 0. The van der Waals surface area contributed by atoms with Gasteiger partial charge in [0.05, 0.1) is 0 Å². The molecule has 1 aromatic heterocycles. The van der Waals surface area contributed by atoms with E-state index in [2.05, 4.69) is 10.3 Å². The number of rotatable bonds is 5. The minimum absolute atomic E-state index is 0.0766. The van der Waals surface area contributed by atoms with E-state index in [1.165, 1.54) is 12.3 Å². The van der Waals surface area contributed by atoms with Crippen LogP contribution in [-0.4, -0.2) is 21.9 Å². The van der Waals surface area contributed by atoms with E-state index < -0.39 is 16.9 Å². The third-order valence-corrected chi connectivity index (χ3v) is 2.24. The van der Waals surface area contributed by atoms with Gasteiger partial charge in [0.25, 0.3) is 0 Å². The Hall–Kier alpha value is -2.18. The molecule has 1 aromatic rings. The Balaban J connectivity index is 3.01. The van der Waals surface area contributed by atoms with Gasteiger partial charge in [-0.25, -0.2) is 0 Å². The molecule has 0 fully saturated rings. The molecule has 0 aromatic carbocycles. The molecule has 7 nitrogen and oxygen atoms in total. The number of primary amides is 1. The van der Waals surface area contributed by atoms with Gasteiger partial charge >= 0.3 is 5.82 Å². The van der Waals surface area contributed by atoms with Crippen LogP contribution in [0.5, 0.6) is 0 Å². The summed E-state index contributed by atoms with van der Waals surface area (Å²) in [6.07, 6.45) is 1.32. The summed E-state index contributed by atoms with van der Waals surface area (Å²) in [4.78, 5) is 25.0. The Labute approximate surface area is 98.2 Å². The van der Waals surface area contributed by atoms with Crippen molar-refractivity contribution in [2.45, 2.75) is 19.9 Å². The Bertz CT molecular complexity index is 433. The van der Waals surface area contributed by atoms with Crippen LogP contribution in [0.25, 0.3) is 0 Å². The fraction of sp³-hybridized carbons (Fsp3) is 0.400. The van der Waals surface area contributed by atoms with Crippen molar-refractivity contribution >= 4 is 17.4 Å². The lowest BCUT2D eigenvalue weighted by Crippen LogP contribution is -2.39. The zero-order valence-corrected chi connectivity index (χ0v) is 9.58. The number of nitrogens with zero attached hydrogens (tertiary/aromatic N) is 2. The van der Waals surface area contributed by atoms with Gasteiger partial charge < -0.3 is 21.2 Å². The molecule has 0 saturated heterocycles. The lowest BCUT2D eigenvalue weighted by molar-refractivity contribution is -0.388. The largest absolute Gasteiger partial charge is 0.386 e. The van der Waals surface area contributed by atoms with Crippen LogP contribution in [0.15, 0.2) is 18.3 Å². The molecule has 1 amide bonds. The van der Waals surface area contributed by atoms with Gasteiger partial charge in [-0.05, 0) is 28.0 Å². The second-order valence-corrected chi connectivity index (χ2v) is 3.90. The molecule has 17 heavy (non-hydrogen) atoms. The molecule has 0 bridgehead atoms. The van der Waals surface area contributed by atoms with Crippen molar-refractivity contribution in [1.82, 2.24) is 4.98 Å². The highest BCUT2D eigenvalue weighted by Crippen LogP contribution is 2.22. The maximum Gasteiger partial charge on any atom is 0.386 e. The van der Waals surface area contributed by atoms with Crippen LogP contribution in [0.1, 0.15) is 13.8 Å². The van der Waals surface area contributed by atoms with Crippen LogP contribution < -0.4 is 11.1 Å². The third kappa shape index (κ3) is 3.13. The van der Waals surface area contributed by atoms with E-state index in [4.69, 9.17) is 5.73 Å². The molecular weight excluding hydrogens is 224 g/mol. The van der Waals surface area contributed by atoms with E-state index in [9.17, 15) is 14.9 Å². The SMILES string of the molecule is CC(C)C(Nc1cccnc1[N+](=O)[O-])C(N)=O. The number of nitrogens with one attached hydrogen (secondary N) is 1. The van der Waals surface area contributed by atoms with E-state index in [-0.39, 0.29) is 17.4 Å². The summed E-state index contributed by atoms with van der Waals surface area (Å²) in [6.45, 7) is 3.59. The van der Waals surface area contributed by atoms with Gasteiger partial charge in [0.1, 0.15) is 17.9 Å². The van der Waals surface area contributed by atoms with E-state index in [0.29, 0.717) is 0 Å². The molecule has 1 rings (SSSR count). The standard InChI is InChI=1S/C10H14N4O3/c1-6(2)8(9(11)15)13-7-4-3-5-12-10(7)14(16)17/h3-6,8,13H,1-2H3,(H2,11,15). The van der Waals surface area contributed by atoms with Crippen molar-refractivity contribution in [1.29, 1.82) is 0 Å². The quantitative estimate of drug-likeness (QED) is 0.585. The first-order valence-corrected chi connectivity index (χ1v) is 5.08. The third-order valence-electron chi connectivity index (χ3n) is 2.24. The second kappa shape index (κ2) is 5.24. The van der Waals surface area contributed by atoms with Gasteiger partial charge in [-0.1, -0.05) is 13.8 Å². The van der Waals surface area contributed by atoms with Crippen LogP contribution in [0.2, 0.25) is 0 Å². The van der Waals surface area contributed by atoms with Crippen molar-refractivity contribution in [2.24, 2.45) is 11.7 Å². The summed E-state index contributed by atoms with van der Waals surface area (Å²) in [5.41, 5.74) is 5.41. The highest BCUT2D eigenvalue weighted by atomic mass is 16.6. The van der Waals surface area contributed by atoms with E-state index in [1.807, 2.05) is 0 Å². The Morgan fingerprint density at radius 1 is 1.59 bits per heavy atom. The normalized spacial score (nSPS) is 12.2.